The quantitative estimate of drug-likeness (QED) is 0.464. The number of hydrogen-bond acceptors (Lipinski definition) is 1. The number of ether oxygens (including phenoxy) is 1. The maximum absolute atomic E-state index is 12.4. The van der Waals surface area contributed by atoms with Crippen molar-refractivity contribution in [3.05, 3.63) is 29.8 Å². The van der Waals surface area contributed by atoms with Gasteiger partial charge in [-0.15, -0.1) is 0 Å². The van der Waals surface area contributed by atoms with Crippen molar-refractivity contribution in [2.75, 3.05) is 0 Å². The Morgan fingerprint density at radius 3 is 2.03 bits per heavy atom. The van der Waals surface area contributed by atoms with Gasteiger partial charge in [0.05, 0.1) is 0 Å². The largest absolute Gasteiger partial charge is 0.435 e. The zero-order chi connectivity index (χ0) is 20.2. The summed E-state index contributed by atoms with van der Waals surface area (Å²) in [7, 11) is 0. The topological polar surface area (TPSA) is 9.23 Å². The van der Waals surface area contributed by atoms with Crippen LogP contribution in [-0.4, -0.2) is 6.61 Å². The van der Waals surface area contributed by atoms with Gasteiger partial charge >= 0.3 is 6.61 Å². The average Bonchev–Trinajstić information content (AvgIpc) is 2.74. The van der Waals surface area contributed by atoms with Crippen LogP contribution < -0.4 is 4.74 Å². The summed E-state index contributed by atoms with van der Waals surface area (Å²) in [5, 5.41) is 0. The molecule has 0 radical (unpaired) electrons. The van der Waals surface area contributed by atoms with Gasteiger partial charge in [-0.2, -0.15) is 8.78 Å². The van der Waals surface area contributed by atoms with Gasteiger partial charge in [0, 0.05) is 0 Å². The fourth-order valence-corrected chi connectivity index (χ4v) is 6.93. The molecule has 3 fully saturated rings. The van der Waals surface area contributed by atoms with E-state index in [-0.39, 0.29) is 5.75 Å². The van der Waals surface area contributed by atoms with E-state index in [0.717, 1.165) is 29.6 Å². The van der Waals surface area contributed by atoms with Gasteiger partial charge in [0.25, 0.3) is 0 Å². The molecule has 1 aromatic carbocycles. The van der Waals surface area contributed by atoms with Crippen molar-refractivity contribution in [3.8, 4) is 5.75 Å². The first-order valence-corrected chi connectivity index (χ1v) is 12.2. The molecular weight excluding hydrogens is 366 g/mol. The first-order chi connectivity index (χ1) is 14.1. The molecule has 0 amide bonds. The van der Waals surface area contributed by atoms with E-state index < -0.39 is 6.61 Å². The highest BCUT2D eigenvalue weighted by Gasteiger charge is 2.39. The lowest BCUT2D eigenvalue weighted by molar-refractivity contribution is -0.0498. The van der Waals surface area contributed by atoms with Crippen molar-refractivity contribution in [1.29, 1.82) is 0 Å². The molecule has 0 aromatic heterocycles. The minimum absolute atomic E-state index is 0.270. The van der Waals surface area contributed by atoms with Crippen LogP contribution in [0.2, 0.25) is 0 Å². The van der Waals surface area contributed by atoms with E-state index in [2.05, 4.69) is 11.7 Å². The Bertz CT molecular complexity index is 620. The zero-order valence-electron chi connectivity index (χ0n) is 18.0. The van der Waals surface area contributed by atoms with Crippen LogP contribution in [-0.2, 0) is 0 Å². The Labute approximate surface area is 175 Å². The molecule has 29 heavy (non-hydrogen) atoms. The molecule has 0 bridgehead atoms. The second-order valence-corrected chi connectivity index (χ2v) is 10.1. The van der Waals surface area contributed by atoms with E-state index in [4.69, 9.17) is 0 Å². The fourth-order valence-electron chi connectivity index (χ4n) is 6.93. The van der Waals surface area contributed by atoms with Crippen LogP contribution >= 0.6 is 0 Å². The minimum Gasteiger partial charge on any atom is -0.435 e. The Balaban J connectivity index is 1.27. The molecule has 1 aromatic rings. The molecular formula is C26H38F2O. The van der Waals surface area contributed by atoms with Gasteiger partial charge in [0.1, 0.15) is 5.75 Å². The molecule has 3 heteroatoms. The highest BCUT2D eigenvalue weighted by atomic mass is 19.3. The molecule has 1 nitrogen and oxygen atoms in total. The van der Waals surface area contributed by atoms with Gasteiger partial charge in [-0.05, 0) is 105 Å². The van der Waals surface area contributed by atoms with E-state index >= 15 is 0 Å². The van der Waals surface area contributed by atoms with Gasteiger partial charge < -0.3 is 4.74 Å². The van der Waals surface area contributed by atoms with Gasteiger partial charge in [0.15, 0.2) is 0 Å². The van der Waals surface area contributed by atoms with Crippen LogP contribution in [0.25, 0.3) is 0 Å². The van der Waals surface area contributed by atoms with Crippen LogP contribution in [0.5, 0.6) is 5.75 Å². The molecule has 0 N–H and O–H groups in total. The third-order valence-electron chi connectivity index (χ3n) is 8.49. The van der Waals surface area contributed by atoms with Gasteiger partial charge in [0.2, 0.25) is 0 Å². The van der Waals surface area contributed by atoms with E-state index in [1.807, 2.05) is 12.1 Å². The third kappa shape index (κ3) is 5.33. The molecule has 3 aliphatic rings. The number of hydrogen-bond donors (Lipinski definition) is 0. The number of halogens is 2. The highest BCUT2D eigenvalue weighted by molar-refractivity contribution is 5.30. The van der Waals surface area contributed by atoms with Crippen molar-refractivity contribution >= 4 is 0 Å². The average molecular weight is 405 g/mol. The lowest BCUT2D eigenvalue weighted by Crippen LogP contribution is -2.34. The summed E-state index contributed by atoms with van der Waals surface area (Å²) in [5.41, 5.74) is 1.31. The fraction of sp³-hybridized carbons (Fsp3) is 0.769. The molecule has 0 spiro atoms. The maximum Gasteiger partial charge on any atom is 0.387 e. The predicted octanol–water partition coefficient (Wildman–Crippen LogP) is 8.19. The summed E-state index contributed by atoms with van der Waals surface area (Å²) in [4.78, 5) is 0. The SMILES string of the molecule is CCCC1CCC([C@@H]2CC[C@@H]3C[C@H](c4ccc(OC(F)F)cc4)CC[C@@H]3C2)CC1. The summed E-state index contributed by atoms with van der Waals surface area (Å²) in [6, 6.07) is 7.42. The molecule has 0 heterocycles. The van der Waals surface area contributed by atoms with Crippen LogP contribution in [0.1, 0.15) is 95.5 Å². The monoisotopic (exact) mass is 404 g/mol. The van der Waals surface area contributed by atoms with E-state index in [9.17, 15) is 8.78 Å². The smallest absolute Gasteiger partial charge is 0.387 e. The van der Waals surface area contributed by atoms with Crippen molar-refractivity contribution < 1.29 is 13.5 Å². The molecule has 4 atom stereocenters. The highest BCUT2D eigenvalue weighted by Crippen LogP contribution is 2.51. The van der Waals surface area contributed by atoms with E-state index in [1.165, 1.54) is 82.6 Å². The van der Waals surface area contributed by atoms with Gasteiger partial charge in [-0.25, -0.2) is 0 Å². The lowest BCUT2D eigenvalue weighted by atomic mass is 9.60. The predicted molar refractivity (Wildman–Crippen MR) is 114 cm³/mol. The van der Waals surface area contributed by atoms with Crippen molar-refractivity contribution in [2.45, 2.75) is 96.5 Å². The Morgan fingerprint density at radius 1 is 0.793 bits per heavy atom. The molecule has 4 rings (SSSR count). The lowest BCUT2D eigenvalue weighted by Gasteiger charge is -2.45. The molecule has 0 unspecified atom stereocenters. The third-order valence-corrected chi connectivity index (χ3v) is 8.49. The van der Waals surface area contributed by atoms with Crippen LogP contribution in [0.4, 0.5) is 8.78 Å². The van der Waals surface area contributed by atoms with Crippen LogP contribution in [0.3, 0.4) is 0 Å². The molecule has 3 saturated carbocycles. The van der Waals surface area contributed by atoms with Crippen molar-refractivity contribution in [2.24, 2.45) is 29.6 Å². The summed E-state index contributed by atoms with van der Waals surface area (Å²) >= 11 is 0. The molecule has 3 aliphatic carbocycles. The molecule has 0 aliphatic heterocycles. The summed E-state index contributed by atoms with van der Waals surface area (Å²) in [6.07, 6.45) is 17.0. The van der Waals surface area contributed by atoms with Gasteiger partial charge in [-0.3, -0.25) is 0 Å². The number of alkyl halides is 2. The first kappa shape index (κ1) is 21.1. The second-order valence-electron chi connectivity index (χ2n) is 10.1. The van der Waals surface area contributed by atoms with Crippen LogP contribution in [0.15, 0.2) is 24.3 Å². The van der Waals surface area contributed by atoms with E-state index in [1.54, 1.807) is 12.1 Å². The molecule has 0 saturated heterocycles. The zero-order valence-corrected chi connectivity index (χ0v) is 18.0. The summed E-state index contributed by atoms with van der Waals surface area (Å²) in [5.74, 6) is 5.67. The normalized spacial score (nSPS) is 35.3. The summed E-state index contributed by atoms with van der Waals surface area (Å²) in [6.45, 7) is -0.414. The van der Waals surface area contributed by atoms with Crippen LogP contribution in [0, 0.1) is 29.6 Å². The standard InChI is InChI=1S/C26H38F2O/c1-2-3-18-4-6-19(7-5-18)21-8-10-24-17-22(9-11-23(24)16-21)20-12-14-25(15-13-20)29-26(27)28/h12-15,18-19,21-24,26H,2-11,16-17H2,1H3/t18?,19?,21-,22-,23-,24-/m1/s1. The number of fused-ring (bicyclic) bond motifs is 1. The Hall–Kier alpha value is -1.12. The van der Waals surface area contributed by atoms with Crippen molar-refractivity contribution in [3.63, 3.8) is 0 Å². The first-order valence-electron chi connectivity index (χ1n) is 12.2. The summed E-state index contributed by atoms with van der Waals surface area (Å²) < 4.78 is 29.2. The number of benzene rings is 1. The molecule has 162 valence electrons. The van der Waals surface area contributed by atoms with Crippen molar-refractivity contribution in [1.82, 2.24) is 0 Å². The van der Waals surface area contributed by atoms with E-state index in [0.29, 0.717) is 5.92 Å². The minimum atomic E-state index is -2.74. The maximum atomic E-state index is 12.4. The Kier molecular flexibility index (Phi) is 7.13. The number of rotatable bonds is 6. The van der Waals surface area contributed by atoms with Gasteiger partial charge in [-0.1, -0.05) is 44.7 Å². The second kappa shape index (κ2) is 9.79. The Morgan fingerprint density at radius 2 is 1.38 bits per heavy atom.